The molecule has 2 aliphatic carbocycles. The van der Waals surface area contributed by atoms with Gasteiger partial charge in [-0.05, 0) is 114 Å². The summed E-state index contributed by atoms with van der Waals surface area (Å²) in [4.78, 5) is 33.2. The zero-order valence-corrected chi connectivity index (χ0v) is 38.4. The monoisotopic (exact) mass is 917 g/mol. The summed E-state index contributed by atoms with van der Waals surface area (Å²) in [6, 6.07) is 39.2. The number of allylic oxidation sites excluding steroid dienone is 1. The largest absolute Gasteiger partial charge is 0.459 e. The maximum atomic E-state index is 14.5. The molecule has 5 aromatic rings. The fourth-order valence-corrected chi connectivity index (χ4v) is 10.2. The van der Waals surface area contributed by atoms with E-state index in [-0.39, 0.29) is 62.2 Å². The van der Waals surface area contributed by atoms with Gasteiger partial charge in [-0.3, -0.25) is 14.9 Å². The number of aliphatic hydroxyl groups is 2. The van der Waals surface area contributed by atoms with Crippen LogP contribution in [0.2, 0.25) is 0 Å². The zero-order valence-electron chi connectivity index (χ0n) is 38.4. The predicted octanol–water partition coefficient (Wildman–Crippen LogP) is 11.1. The Labute approximate surface area is 398 Å². The lowest BCUT2D eigenvalue weighted by atomic mass is 9.55. The number of nitro benzene ring substituents is 1. The van der Waals surface area contributed by atoms with E-state index < -0.39 is 22.7 Å². The number of aliphatic hydroxyl groups excluding tert-OH is 2. The topological polar surface area (TPSA) is 153 Å². The SMILES string of the molecule is C=CCOC12Oc3ccc(Oc4ccc(-c5ccccc5)cc4)cc3C3C(CCCCO)C(CCCCO)C=C(C(=NOCc4ccccc4)CC1N(C)C(=O)C=Cc1ccc([N+](=O)[O-])cc1)C32. The van der Waals surface area contributed by atoms with E-state index >= 15 is 0 Å². The van der Waals surface area contributed by atoms with Crippen LogP contribution >= 0.6 is 0 Å². The minimum Gasteiger partial charge on any atom is -0.459 e. The molecule has 1 aliphatic heterocycles. The molecule has 6 unspecified atom stereocenters. The summed E-state index contributed by atoms with van der Waals surface area (Å²) < 4.78 is 21.0. The first kappa shape index (κ1) is 47.6. The van der Waals surface area contributed by atoms with Crippen LogP contribution < -0.4 is 9.47 Å². The molecule has 1 heterocycles. The number of carbonyl (C=O) groups is 1. The molecule has 68 heavy (non-hydrogen) atoms. The van der Waals surface area contributed by atoms with Crippen LogP contribution in [0.25, 0.3) is 17.2 Å². The molecular weight excluding hydrogens is 859 g/mol. The molecule has 1 saturated carbocycles. The molecule has 2 N–H and O–H groups in total. The number of nitro groups is 1. The van der Waals surface area contributed by atoms with Crippen molar-refractivity contribution in [3.05, 3.63) is 185 Å². The Balaban J connectivity index is 1.25. The number of hydrogen-bond donors (Lipinski definition) is 2. The molecule has 352 valence electrons. The lowest BCUT2D eigenvalue weighted by Crippen LogP contribution is -2.69. The first-order valence-corrected chi connectivity index (χ1v) is 23.5. The average molecular weight is 918 g/mol. The van der Waals surface area contributed by atoms with E-state index in [0.29, 0.717) is 41.4 Å². The number of non-ortho nitro benzene ring substituents is 1. The van der Waals surface area contributed by atoms with Crippen LogP contribution in [-0.2, 0) is 21.0 Å². The minimum atomic E-state index is -1.44. The second-order valence-corrected chi connectivity index (χ2v) is 17.7. The molecule has 8 rings (SSSR count). The number of amides is 1. The fourth-order valence-electron chi connectivity index (χ4n) is 10.2. The Morgan fingerprint density at radius 1 is 0.882 bits per heavy atom. The molecule has 0 aromatic heterocycles. The molecule has 1 amide bonds. The van der Waals surface area contributed by atoms with Crippen LogP contribution in [0.4, 0.5) is 5.69 Å². The van der Waals surface area contributed by atoms with Crippen LogP contribution in [0.1, 0.15) is 67.6 Å². The summed E-state index contributed by atoms with van der Waals surface area (Å²) in [6.45, 7) is 4.54. The number of oxime groups is 1. The van der Waals surface area contributed by atoms with Crippen molar-refractivity contribution in [3.8, 4) is 28.4 Å². The first-order valence-electron chi connectivity index (χ1n) is 23.5. The van der Waals surface area contributed by atoms with Gasteiger partial charge in [-0.1, -0.05) is 103 Å². The predicted molar refractivity (Wildman–Crippen MR) is 263 cm³/mol. The molecule has 3 aliphatic rings. The molecule has 12 heteroatoms. The van der Waals surface area contributed by atoms with E-state index in [2.05, 4.69) is 30.9 Å². The molecule has 0 saturated heterocycles. The van der Waals surface area contributed by atoms with E-state index in [1.165, 1.54) is 18.2 Å². The van der Waals surface area contributed by atoms with Crippen molar-refractivity contribution in [2.45, 2.75) is 69.3 Å². The van der Waals surface area contributed by atoms with Gasteiger partial charge in [0.05, 0.1) is 23.2 Å². The number of fused-ring (bicyclic) bond motifs is 2. The zero-order chi connectivity index (χ0) is 47.5. The van der Waals surface area contributed by atoms with Crippen molar-refractivity contribution in [1.82, 2.24) is 4.90 Å². The van der Waals surface area contributed by atoms with E-state index in [0.717, 1.165) is 53.5 Å². The fraction of sp³-hybridized carbons (Fsp3) is 0.321. The Kier molecular flexibility index (Phi) is 15.6. The number of hydrogen-bond acceptors (Lipinski definition) is 10. The summed E-state index contributed by atoms with van der Waals surface area (Å²) in [5.74, 6) is -0.524. The summed E-state index contributed by atoms with van der Waals surface area (Å²) in [6.07, 6.45) is 11.8. The van der Waals surface area contributed by atoms with E-state index in [1.807, 2.05) is 84.9 Å². The second kappa shape index (κ2) is 22.3. The van der Waals surface area contributed by atoms with E-state index in [1.54, 1.807) is 36.2 Å². The second-order valence-electron chi connectivity index (χ2n) is 17.7. The van der Waals surface area contributed by atoms with Crippen LogP contribution in [0, 0.1) is 27.9 Å². The third kappa shape index (κ3) is 10.6. The molecule has 1 fully saturated rings. The van der Waals surface area contributed by atoms with Crippen LogP contribution in [0.15, 0.2) is 163 Å². The number of nitrogens with zero attached hydrogens (tertiary/aromatic N) is 3. The van der Waals surface area contributed by atoms with Crippen LogP contribution in [0.5, 0.6) is 17.2 Å². The molecule has 0 spiro atoms. The summed E-state index contributed by atoms with van der Waals surface area (Å²) in [5.41, 5.74) is 6.26. The summed E-state index contributed by atoms with van der Waals surface area (Å²) >= 11 is 0. The van der Waals surface area contributed by atoms with Crippen molar-refractivity contribution in [2.75, 3.05) is 26.9 Å². The Morgan fingerprint density at radius 3 is 2.25 bits per heavy atom. The van der Waals surface area contributed by atoms with Crippen molar-refractivity contribution in [3.63, 3.8) is 0 Å². The van der Waals surface area contributed by atoms with Crippen molar-refractivity contribution < 1.29 is 39.0 Å². The molecule has 5 aromatic carbocycles. The highest BCUT2D eigenvalue weighted by molar-refractivity contribution is 6.03. The van der Waals surface area contributed by atoms with Gasteiger partial charge in [-0.25, -0.2) is 0 Å². The van der Waals surface area contributed by atoms with Crippen molar-refractivity contribution in [1.29, 1.82) is 0 Å². The lowest BCUT2D eigenvalue weighted by Gasteiger charge is -2.59. The number of unbranched alkanes of at least 4 members (excludes halogenated alkanes) is 2. The van der Waals surface area contributed by atoms with Gasteiger partial charge < -0.3 is 34.2 Å². The number of benzene rings is 5. The van der Waals surface area contributed by atoms with Crippen molar-refractivity contribution >= 4 is 23.4 Å². The smallest absolute Gasteiger partial charge is 0.269 e. The van der Waals surface area contributed by atoms with Gasteiger partial charge in [0.25, 0.3) is 5.69 Å². The maximum absolute atomic E-state index is 14.5. The Hall–Kier alpha value is -6.86. The number of carbonyl (C=O) groups excluding carboxylic acids is 1. The Bertz CT molecular complexity index is 2600. The molecule has 0 radical (unpaired) electrons. The Morgan fingerprint density at radius 2 is 1.56 bits per heavy atom. The van der Waals surface area contributed by atoms with E-state index in [9.17, 15) is 25.1 Å². The molecule has 0 bridgehead atoms. The molecular formula is C56H59N3O9. The lowest BCUT2D eigenvalue weighted by molar-refractivity contribution is -0.384. The standard InChI is InChI=1S/C56H59N3O9/c1-3-34-65-56-52(58(2)53(62)31-22-39-20-25-44(26-21-39)59(63)64)37-50(57-66-38-40-14-6-4-7-15-40)48-35-43(18-10-12-32-60)47(19-11-13-33-61)54(55(48)56)49-36-46(29-30-51(49)68-56)67-45-27-23-42(24-28-45)41-16-8-5-9-17-41/h3-9,14-17,20-31,35-36,43,47,52,54-55,60-61H,1,10-13,18-19,32-34,37-38H2,2H3. The van der Waals surface area contributed by atoms with Gasteiger partial charge in [-0.15, -0.1) is 6.58 Å². The van der Waals surface area contributed by atoms with Gasteiger partial charge in [0, 0.05) is 56.4 Å². The third-order valence-corrected chi connectivity index (χ3v) is 13.4. The minimum absolute atomic E-state index is 0.0250. The van der Waals surface area contributed by atoms with Gasteiger partial charge in [0.1, 0.15) is 29.9 Å². The summed E-state index contributed by atoms with van der Waals surface area (Å²) in [5, 5.41) is 36.2. The van der Waals surface area contributed by atoms with Gasteiger partial charge in [-0.2, -0.15) is 0 Å². The van der Waals surface area contributed by atoms with Gasteiger partial charge in [0.15, 0.2) is 0 Å². The quantitative estimate of drug-likeness (QED) is 0.0241. The third-order valence-electron chi connectivity index (χ3n) is 13.4. The van der Waals surface area contributed by atoms with Gasteiger partial charge >= 0.3 is 0 Å². The average Bonchev–Trinajstić information content (AvgIpc) is 3.37. The number of ether oxygens (including phenoxy) is 3. The molecule has 6 atom stereocenters. The molecule has 12 nitrogen and oxygen atoms in total. The first-order chi connectivity index (χ1) is 33.2. The summed E-state index contributed by atoms with van der Waals surface area (Å²) in [7, 11) is 1.73. The van der Waals surface area contributed by atoms with Gasteiger partial charge in [0.2, 0.25) is 11.7 Å². The highest BCUT2D eigenvalue weighted by Crippen LogP contribution is 2.62. The maximum Gasteiger partial charge on any atom is 0.269 e. The van der Waals surface area contributed by atoms with Crippen molar-refractivity contribution in [2.24, 2.45) is 22.9 Å². The van der Waals surface area contributed by atoms with E-state index in [4.69, 9.17) is 24.2 Å². The normalized spacial score (nSPS) is 22.1. The highest BCUT2D eigenvalue weighted by Gasteiger charge is 2.65. The highest BCUT2D eigenvalue weighted by atomic mass is 16.7. The van der Waals surface area contributed by atoms with Crippen LogP contribution in [0.3, 0.4) is 0 Å². The number of likely N-dealkylation sites (N-methyl/N-ethyl adjacent to an activating group) is 1. The number of rotatable bonds is 21. The van der Waals surface area contributed by atoms with Crippen LogP contribution in [-0.4, -0.2) is 70.4 Å².